The molecule has 1 aliphatic rings. The van der Waals surface area contributed by atoms with E-state index < -0.39 is 0 Å². The Morgan fingerprint density at radius 3 is 2.94 bits per heavy atom. The van der Waals surface area contributed by atoms with Crippen molar-refractivity contribution in [3.63, 3.8) is 0 Å². The second-order valence-corrected chi connectivity index (χ2v) is 4.52. The van der Waals surface area contributed by atoms with E-state index in [0.29, 0.717) is 18.2 Å². The third kappa shape index (κ3) is 1.95. The molecule has 16 heavy (non-hydrogen) atoms. The molecule has 0 saturated carbocycles. The van der Waals surface area contributed by atoms with Crippen LogP contribution in [0.5, 0.6) is 0 Å². The first kappa shape index (κ1) is 11.1. The van der Waals surface area contributed by atoms with Gasteiger partial charge in [0.25, 0.3) is 5.91 Å². The van der Waals surface area contributed by atoms with Crippen LogP contribution in [0.4, 0.5) is 0 Å². The predicted octanol–water partition coefficient (Wildman–Crippen LogP) is 0.229. The number of carbonyl (C=O) groups excluding carboxylic acids is 1. The van der Waals surface area contributed by atoms with Crippen LogP contribution in [0.2, 0.25) is 0 Å². The average molecular weight is 222 g/mol. The number of aromatic nitrogens is 2. The first-order chi connectivity index (χ1) is 7.61. The van der Waals surface area contributed by atoms with Gasteiger partial charge in [0.05, 0.1) is 0 Å². The normalized spacial score (nSPS) is 25.1. The maximum Gasteiger partial charge on any atom is 0.274 e. The Kier molecular flexibility index (Phi) is 2.96. The molecule has 1 saturated heterocycles. The summed E-state index contributed by atoms with van der Waals surface area (Å²) in [6.07, 6.45) is 2.78. The number of hydrogen-bond acceptors (Lipinski definition) is 3. The summed E-state index contributed by atoms with van der Waals surface area (Å²) in [5.74, 6) is 0.451. The van der Waals surface area contributed by atoms with Gasteiger partial charge in [-0.2, -0.15) is 5.10 Å². The standard InChI is InChI=1S/C11H18N4O/c1-8-5-9(6-12)7-15(8)11(16)10-3-4-14(2)13-10/h3-4,8-9H,5-7,12H2,1-2H3. The highest BCUT2D eigenvalue weighted by Crippen LogP contribution is 2.23. The van der Waals surface area contributed by atoms with E-state index in [1.807, 2.05) is 11.9 Å². The van der Waals surface area contributed by atoms with E-state index in [1.54, 1.807) is 16.9 Å². The Hall–Kier alpha value is -1.36. The number of nitrogens with zero attached hydrogens (tertiary/aromatic N) is 3. The molecule has 2 unspecified atom stereocenters. The predicted molar refractivity (Wildman–Crippen MR) is 60.9 cm³/mol. The average Bonchev–Trinajstić information content (AvgIpc) is 2.83. The van der Waals surface area contributed by atoms with Crippen LogP contribution in [0, 0.1) is 5.92 Å². The van der Waals surface area contributed by atoms with Gasteiger partial charge < -0.3 is 10.6 Å². The molecule has 1 fully saturated rings. The van der Waals surface area contributed by atoms with Crippen molar-refractivity contribution in [2.45, 2.75) is 19.4 Å². The number of hydrogen-bond donors (Lipinski definition) is 1. The van der Waals surface area contributed by atoms with Crippen LogP contribution in [-0.4, -0.2) is 39.7 Å². The second-order valence-electron chi connectivity index (χ2n) is 4.52. The van der Waals surface area contributed by atoms with Gasteiger partial charge in [-0.25, -0.2) is 0 Å². The van der Waals surface area contributed by atoms with Crippen LogP contribution in [0.25, 0.3) is 0 Å². The van der Waals surface area contributed by atoms with E-state index in [-0.39, 0.29) is 11.9 Å². The highest BCUT2D eigenvalue weighted by molar-refractivity contribution is 5.92. The Labute approximate surface area is 95.2 Å². The number of amides is 1. The van der Waals surface area contributed by atoms with Crippen LogP contribution in [0.3, 0.4) is 0 Å². The molecular weight excluding hydrogens is 204 g/mol. The van der Waals surface area contributed by atoms with Crippen LogP contribution in [-0.2, 0) is 7.05 Å². The number of likely N-dealkylation sites (tertiary alicyclic amines) is 1. The minimum atomic E-state index is 0.0176. The van der Waals surface area contributed by atoms with E-state index in [1.165, 1.54) is 0 Å². The molecule has 5 nitrogen and oxygen atoms in total. The minimum absolute atomic E-state index is 0.0176. The van der Waals surface area contributed by atoms with Gasteiger partial charge in [-0.3, -0.25) is 9.48 Å². The second kappa shape index (κ2) is 4.25. The Bertz CT molecular complexity index is 387. The van der Waals surface area contributed by atoms with E-state index >= 15 is 0 Å². The lowest BCUT2D eigenvalue weighted by molar-refractivity contribution is 0.0736. The van der Waals surface area contributed by atoms with Crippen LogP contribution in [0.15, 0.2) is 12.3 Å². The van der Waals surface area contributed by atoms with Crippen molar-refractivity contribution >= 4 is 5.91 Å². The van der Waals surface area contributed by atoms with Crippen molar-refractivity contribution in [2.24, 2.45) is 18.7 Å². The zero-order valence-electron chi connectivity index (χ0n) is 9.76. The summed E-state index contributed by atoms with van der Waals surface area (Å²) in [6.45, 7) is 3.47. The number of carbonyl (C=O) groups is 1. The Morgan fingerprint density at radius 2 is 2.44 bits per heavy atom. The van der Waals surface area contributed by atoms with Crippen LogP contribution in [0.1, 0.15) is 23.8 Å². The van der Waals surface area contributed by atoms with Gasteiger partial charge in [-0.1, -0.05) is 0 Å². The molecule has 1 aliphatic heterocycles. The van der Waals surface area contributed by atoms with E-state index in [9.17, 15) is 4.79 Å². The summed E-state index contributed by atoms with van der Waals surface area (Å²) in [5.41, 5.74) is 6.16. The van der Waals surface area contributed by atoms with E-state index in [2.05, 4.69) is 12.0 Å². The largest absolute Gasteiger partial charge is 0.334 e. The Balaban J connectivity index is 2.11. The third-order valence-electron chi connectivity index (χ3n) is 3.19. The minimum Gasteiger partial charge on any atom is -0.334 e. The highest BCUT2D eigenvalue weighted by atomic mass is 16.2. The maximum atomic E-state index is 12.1. The van der Waals surface area contributed by atoms with Gasteiger partial charge in [0.1, 0.15) is 5.69 Å². The van der Waals surface area contributed by atoms with Gasteiger partial charge in [0.15, 0.2) is 0 Å². The summed E-state index contributed by atoms with van der Waals surface area (Å²) < 4.78 is 1.65. The van der Waals surface area contributed by atoms with Crippen molar-refractivity contribution in [3.05, 3.63) is 18.0 Å². The topological polar surface area (TPSA) is 64.2 Å². The monoisotopic (exact) mass is 222 g/mol. The molecule has 1 aromatic rings. The zero-order chi connectivity index (χ0) is 11.7. The lowest BCUT2D eigenvalue weighted by Crippen LogP contribution is -2.34. The summed E-state index contributed by atoms with van der Waals surface area (Å²) in [5, 5.41) is 4.13. The number of rotatable bonds is 2. The third-order valence-corrected chi connectivity index (χ3v) is 3.19. The SMILES string of the molecule is CC1CC(CN)CN1C(=O)c1ccn(C)n1. The summed E-state index contributed by atoms with van der Waals surface area (Å²) >= 11 is 0. The molecule has 0 bridgehead atoms. The molecule has 2 atom stereocenters. The van der Waals surface area contributed by atoms with Crippen molar-refractivity contribution in [1.82, 2.24) is 14.7 Å². The number of aryl methyl sites for hydroxylation is 1. The Morgan fingerprint density at radius 1 is 1.69 bits per heavy atom. The molecule has 0 spiro atoms. The lowest BCUT2D eigenvalue weighted by atomic mass is 10.1. The molecule has 88 valence electrons. The van der Waals surface area contributed by atoms with Crippen molar-refractivity contribution in [2.75, 3.05) is 13.1 Å². The van der Waals surface area contributed by atoms with Crippen molar-refractivity contribution in [1.29, 1.82) is 0 Å². The summed E-state index contributed by atoms with van der Waals surface area (Å²) in [6, 6.07) is 2.02. The van der Waals surface area contributed by atoms with Gasteiger partial charge in [-0.05, 0) is 31.9 Å². The van der Waals surface area contributed by atoms with Crippen molar-refractivity contribution < 1.29 is 4.79 Å². The number of nitrogens with two attached hydrogens (primary N) is 1. The van der Waals surface area contributed by atoms with Gasteiger partial charge in [0.2, 0.25) is 0 Å². The van der Waals surface area contributed by atoms with E-state index in [0.717, 1.165) is 13.0 Å². The molecule has 2 N–H and O–H groups in total. The molecule has 2 heterocycles. The van der Waals surface area contributed by atoms with Crippen LogP contribution < -0.4 is 5.73 Å². The quantitative estimate of drug-likeness (QED) is 0.779. The van der Waals surface area contributed by atoms with Crippen LogP contribution >= 0.6 is 0 Å². The summed E-state index contributed by atoms with van der Waals surface area (Å²) in [7, 11) is 1.81. The van der Waals surface area contributed by atoms with Gasteiger partial charge in [0, 0.05) is 25.8 Å². The summed E-state index contributed by atoms with van der Waals surface area (Å²) in [4.78, 5) is 14.0. The molecule has 0 radical (unpaired) electrons. The van der Waals surface area contributed by atoms with E-state index in [4.69, 9.17) is 5.73 Å². The lowest BCUT2D eigenvalue weighted by Gasteiger charge is -2.20. The molecule has 1 amide bonds. The first-order valence-corrected chi connectivity index (χ1v) is 5.62. The molecule has 2 rings (SSSR count). The molecular formula is C11H18N4O. The zero-order valence-corrected chi connectivity index (χ0v) is 9.76. The maximum absolute atomic E-state index is 12.1. The van der Waals surface area contributed by atoms with Gasteiger partial charge >= 0.3 is 0 Å². The molecule has 5 heteroatoms. The molecule has 0 aromatic carbocycles. The highest BCUT2D eigenvalue weighted by Gasteiger charge is 2.32. The fraction of sp³-hybridized carbons (Fsp3) is 0.636. The van der Waals surface area contributed by atoms with Crippen molar-refractivity contribution in [3.8, 4) is 0 Å². The molecule has 0 aliphatic carbocycles. The first-order valence-electron chi connectivity index (χ1n) is 5.62. The van der Waals surface area contributed by atoms with Gasteiger partial charge in [-0.15, -0.1) is 0 Å². The molecule has 1 aromatic heterocycles. The fourth-order valence-electron chi connectivity index (χ4n) is 2.27. The fourth-order valence-corrected chi connectivity index (χ4v) is 2.27. The smallest absolute Gasteiger partial charge is 0.274 e.